The van der Waals surface area contributed by atoms with Gasteiger partial charge in [-0.05, 0) is 43.3 Å². The van der Waals surface area contributed by atoms with Gasteiger partial charge >= 0.3 is 0 Å². The molecule has 0 aliphatic heterocycles. The topological polar surface area (TPSA) is 52.0 Å². The summed E-state index contributed by atoms with van der Waals surface area (Å²) in [5.74, 6) is 0.811. The van der Waals surface area contributed by atoms with E-state index < -0.39 is 0 Å². The Bertz CT molecular complexity index is 654. The fourth-order valence-corrected chi connectivity index (χ4v) is 2.71. The molecule has 18 heavy (non-hydrogen) atoms. The van der Waals surface area contributed by atoms with E-state index in [0.717, 1.165) is 32.6 Å². The molecule has 4 heteroatoms. The van der Waals surface area contributed by atoms with Crippen LogP contribution in [0.15, 0.2) is 47.1 Å². The summed E-state index contributed by atoms with van der Waals surface area (Å²) in [6.07, 6.45) is 1.66. The predicted molar refractivity (Wildman–Crippen MR) is 74.4 cm³/mol. The number of nitrogen functional groups attached to an aromatic ring is 1. The molecule has 0 saturated heterocycles. The van der Waals surface area contributed by atoms with Gasteiger partial charge in [0.05, 0.1) is 6.26 Å². The van der Waals surface area contributed by atoms with Crippen LogP contribution >= 0.6 is 11.3 Å². The van der Waals surface area contributed by atoms with Crippen LogP contribution in [0.5, 0.6) is 0 Å². The highest BCUT2D eigenvalue weighted by molar-refractivity contribution is 7.15. The summed E-state index contributed by atoms with van der Waals surface area (Å²) < 4.78 is 5.39. The number of nitrogens with two attached hydrogens (primary N) is 1. The van der Waals surface area contributed by atoms with Crippen molar-refractivity contribution >= 4 is 17.0 Å². The van der Waals surface area contributed by atoms with Crippen molar-refractivity contribution in [1.29, 1.82) is 0 Å². The molecule has 0 bridgehead atoms. The molecule has 3 aromatic rings. The molecule has 0 fully saturated rings. The van der Waals surface area contributed by atoms with Gasteiger partial charge in [-0.25, -0.2) is 4.98 Å². The fraction of sp³-hybridized carbons (Fsp3) is 0.0714. The first-order valence-electron chi connectivity index (χ1n) is 5.61. The summed E-state index contributed by atoms with van der Waals surface area (Å²) in [6.45, 7) is 2.05. The first kappa shape index (κ1) is 11.0. The molecule has 0 atom stereocenters. The summed E-state index contributed by atoms with van der Waals surface area (Å²) in [5.41, 5.74) is 8.44. The maximum atomic E-state index is 5.69. The average Bonchev–Trinajstić information content (AvgIpc) is 2.99. The van der Waals surface area contributed by atoms with E-state index in [0.29, 0.717) is 0 Å². The molecule has 1 aromatic carbocycles. The zero-order chi connectivity index (χ0) is 12.5. The zero-order valence-electron chi connectivity index (χ0n) is 9.88. The van der Waals surface area contributed by atoms with Crippen molar-refractivity contribution in [2.75, 3.05) is 5.73 Å². The smallest absolute Gasteiger partial charge is 0.153 e. The third kappa shape index (κ3) is 1.91. The minimum absolute atomic E-state index is 0.762. The second-order valence-corrected chi connectivity index (χ2v) is 5.23. The van der Waals surface area contributed by atoms with E-state index in [1.165, 1.54) is 0 Å². The quantitative estimate of drug-likeness (QED) is 0.706. The Balaban J connectivity index is 2.05. The minimum atomic E-state index is 0.762. The average molecular weight is 256 g/mol. The number of nitrogens with zero attached hydrogens (tertiary/aromatic N) is 1. The Kier molecular flexibility index (Phi) is 2.64. The van der Waals surface area contributed by atoms with E-state index in [4.69, 9.17) is 10.2 Å². The molecule has 2 aromatic heterocycles. The van der Waals surface area contributed by atoms with Crippen molar-refractivity contribution in [3.8, 4) is 22.0 Å². The highest BCUT2D eigenvalue weighted by atomic mass is 32.1. The van der Waals surface area contributed by atoms with E-state index in [9.17, 15) is 0 Å². The SMILES string of the molecule is Cc1sc(-c2ccc(N)cc2)nc1-c1ccco1. The van der Waals surface area contributed by atoms with Crippen molar-refractivity contribution in [2.24, 2.45) is 0 Å². The summed E-state index contributed by atoms with van der Waals surface area (Å²) in [7, 11) is 0. The van der Waals surface area contributed by atoms with E-state index in [-0.39, 0.29) is 0 Å². The van der Waals surface area contributed by atoms with Crippen LogP contribution in [0.1, 0.15) is 4.88 Å². The van der Waals surface area contributed by atoms with Gasteiger partial charge in [0.1, 0.15) is 10.7 Å². The van der Waals surface area contributed by atoms with Crippen LogP contribution in [0.4, 0.5) is 5.69 Å². The second-order valence-electron chi connectivity index (χ2n) is 4.02. The Labute approximate surface area is 109 Å². The van der Waals surface area contributed by atoms with Crippen LogP contribution in [-0.2, 0) is 0 Å². The molecule has 3 nitrogen and oxygen atoms in total. The van der Waals surface area contributed by atoms with Gasteiger partial charge in [-0.1, -0.05) is 0 Å². The number of benzene rings is 1. The number of rotatable bonds is 2. The van der Waals surface area contributed by atoms with Crippen molar-refractivity contribution in [3.63, 3.8) is 0 Å². The molecule has 0 saturated carbocycles. The molecule has 0 amide bonds. The lowest BCUT2D eigenvalue weighted by atomic mass is 10.2. The van der Waals surface area contributed by atoms with Gasteiger partial charge in [-0.15, -0.1) is 11.3 Å². The van der Waals surface area contributed by atoms with Crippen molar-refractivity contribution in [3.05, 3.63) is 47.5 Å². The Morgan fingerprint density at radius 3 is 2.61 bits per heavy atom. The van der Waals surface area contributed by atoms with Gasteiger partial charge in [-0.3, -0.25) is 0 Å². The lowest BCUT2D eigenvalue weighted by Gasteiger charge is -1.96. The van der Waals surface area contributed by atoms with Gasteiger partial charge in [0.15, 0.2) is 5.76 Å². The Morgan fingerprint density at radius 2 is 1.94 bits per heavy atom. The van der Waals surface area contributed by atoms with Crippen molar-refractivity contribution < 1.29 is 4.42 Å². The van der Waals surface area contributed by atoms with E-state index in [2.05, 4.69) is 11.9 Å². The molecule has 90 valence electrons. The summed E-state index contributed by atoms with van der Waals surface area (Å²) in [6, 6.07) is 11.5. The lowest BCUT2D eigenvalue weighted by molar-refractivity contribution is 0.580. The van der Waals surface area contributed by atoms with Crippen LogP contribution in [0.25, 0.3) is 22.0 Å². The maximum absolute atomic E-state index is 5.69. The number of hydrogen-bond donors (Lipinski definition) is 1. The third-order valence-corrected chi connectivity index (χ3v) is 3.73. The molecule has 0 aliphatic rings. The zero-order valence-corrected chi connectivity index (χ0v) is 10.7. The third-order valence-electron chi connectivity index (χ3n) is 2.71. The summed E-state index contributed by atoms with van der Waals surface area (Å²) >= 11 is 1.66. The number of furan rings is 1. The largest absolute Gasteiger partial charge is 0.463 e. The molecule has 2 heterocycles. The van der Waals surface area contributed by atoms with Crippen LogP contribution in [0.2, 0.25) is 0 Å². The molecule has 3 rings (SSSR count). The summed E-state index contributed by atoms with van der Waals surface area (Å²) in [5, 5.41) is 0.985. The number of hydrogen-bond acceptors (Lipinski definition) is 4. The molecule has 0 unspecified atom stereocenters. The molecule has 0 aliphatic carbocycles. The first-order valence-corrected chi connectivity index (χ1v) is 6.43. The molecular formula is C14H12N2OS. The van der Waals surface area contributed by atoms with Crippen LogP contribution in [0.3, 0.4) is 0 Å². The number of anilines is 1. The van der Waals surface area contributed by atoms with E-state index in [1.54, 1.807) is 17.6 Å². The predicted octanol–water partition coefficient (Wildman–Crippen LogP) is 3.96. The summed E-state index contributed by atoms with van der Waals surface area (Å²) in [4.78, 5) is 5.79. The van der Waals surface area contributed by atoms with E-state index in [1.807, 2.05) is 36.4 Å². The Morgan fingerprint density at radius 1 is 1.17 bits per heavy atom. The maximum Gasteiger partial charge on any atom is 0.153 e. The van der Waals surface area contributed by atoms with Gasteiger partial charge in [0.2, 0.25) is 0 Å². The molecular weight excluding hydrogens is 244 g/mol. The molecule has 0 radical (unpaired) electrons. The van der Waals surface area contributed by atoms with Crippen LogP contribution in [0, 0.1) is 6.92 Å². The van der Waals surface area contributed by atoms with E-state index >= 15 is 0 Å². The van der Waals surface area contributed by atoms with Gasteiger partial charge in [0, 0.05) is 16.1 Å². The lowest BCUT2D eigenvalue weighted by Crippen LogP contribution is -1.83. The monoisotopic (exact) mass is 256 g/mol. The van der Waals surface area contributed by atoms with Gasteiger partial charge in [0.25, 0.3) is 0 Å². The Hall–Kier alpha value is -2.07. The normalized spacial score (nSPS) is 10.7. The van der Waals surface area contributed by atoms with Crippen molar-refractivity contribution in [2.45, 2.75) is 6.92 Å². The minimum Gasteiger partial charge on any atom is -0.463 e. The second kappa shape index (κ2) is 4.31. The highest BCUT2D eigenvalue weighted by Crippen LogP contribution is 2.33. The van der Waals surface area contributed by atoms with Crippen LogP contribution in [-0.4, -0.2) is 4.98 Å². The molecule has 2 N–H and O–H groups in total. The standard InChI is InChI=1S/C14H12N2OS/c1-9-13(12-3-2-8-17-12)16-14(18-9)10-4-6-11(15)7-5-10/h2-8H,15H2,1H3. The number of aromatic nitrogens is 1. The first-order chi connectivity index (χ1) is 8.74. The molecule has 0 spiro atoms. The van der Waals surface area contributed by atoms with Gasteiger partial charge < -0.3 is 10.2 Å². The number of aryl methyl sites for hydroxylation is 1. The highest BCUT2D eigenvalue weighted by Gasteiger charge is 2.12. The fourth-order valence-electron chi connectivity index (χ4n) is 1.79. The number of thiazole rings is 1. The van der Waals surface area contributed by atoms with Gasteiger partial charge in [-0.2, -0.15) is 0 Å². The van der Waals surface area contributed by atoms with Crippen LogP contribution < -0.4 is 5.73 Å². The van der Waals surface area contributed by atoms with Crippen molar-refractivity contribution in [1.82, 2.24) is 4.98 Å².